The summed E-state index contributed by atoms with van der Waals surface area (Å²) in [6.07, 6.45) is 25.9. The van der Waals surface area contributed by atoms with Gasteiger partial charge in [-0.3, -0.25) is 0 Å². The maximum atomic E-state index is 5.00. The van der Waals surface area contributed by atoms with Crippen molar-refractivity contribution in [3.8, 4) is 0 Å². The molecule has 2 heterocycles. The van der Waals surface area contributed by atoms with E-state index in [9.17, 15) is 0 Å². The molecule has 2 aromatic rings. The number of nitrogens with zero attached hydrogens (tertiary/aromatic N) is 2. The van der Waals surface area contributed by atoms with Crippen LogP contribution in [0.25, 0.3) is 10.3 Å². The molecule has 2 aliphatic rings. The Morgan fingerprint density at radius 3 is 1.71 bits per heavy atom. The van der Waals surface area contributed by atoms with Crippen LogP contribution in [0.4, 0.5) is 0 Å². The quantitative estimate of drug-likeness (QED) is 0.506. The predicted octanol–water partition coefficient (Wildman–Crippen LogP) is 8.52. The van der Waals surface area contributed by atoms with Gasteiger partial charge in [-0.05, 0) is 43.2 Å². The van der Waals surface area contributed by atoms with Crippen LogP contribution in [0.3, 0.4) is 0 Å². The minimum atomic E-state index is 0.672. The minimum Gasteiger partial charge on any atom is -0.236 e. The SMILES string of the molecule is c1nc2nc(C3CCCCCCCCC3)sc2cc1C1CCCCCCCC1. The number of fused-ring (bicyclic) bond motifs is 1. The summed E-state index contributed by atoms with van der Waals surface area (Å²) in [5.74, 6) is 1.39. The summed E-state index contributed by atoms with van der Waals surface area (Å²) in [6.45, 7) is 0. The number of rotatable bonds is 2. The zero-order valence-corrected chi connectivity index (χ0v) is 18.4. The first-order valence-corrected chi connectivity index (χ1v) is 13.0. The molecule has 0 aromatic carbocycles. The molecule has 0 spiro atoms. The van der Waals surface area contributed by atoms with E-state index in [1.54, 1.807) is 0 Å². The maximum absolute atomic E-state index is 5.00. The highest BCUT2D eigenvalue weighted by molar-refractivity contribution is 7.18. The lowest BCUT2D eigenvalue weighted by Gasteiger charge is -2.16. The third kappa shape index (κ3) is 5.55. The fourth-order valence-electron chi connectivity index (χ4n) is 5.27. The van der Waals surface area contributed by atoms with Gasteiger partial charge in [-0.25, -0.2) is 9.97 Å². The molecule has 2 aliphatic carbocycles. The van der Waals surface area contributed by atoms with E-state index in [1.165, 1.54) is 124 Å². The Morgan fingerprint density at radius 1 is 0.643 bits per heavy atom. The van der Waals surface area contributed by atoms with Crippen molar-refractivity contribution in [3.63, 3.8) is 0 Å². The summed E-state index contributed by atoms with van der Waals surface area (Å²) in [6, 6.07) is 2.45. The van der Waals surface area contributed by atoms with Gasteiger partial charge in [0.05, 0.1) is 9.71 Å². The van der Waals surface area contributed by atoms with Crippen LogP contribution in [-0.4, -0.2) is 9.97 Å². The van der Waals surface area contributed by atoms with Crippen molar-refractivity contribution < 1.29 is 0 Å². The third-order valence-electron chi connectivity index (χ3n) is 7.07. The zero-order chi connectivity index (χ0) is 19.0. The first-order valence-electron chi connectivity index (χ1n) is 12.2. The smallest absolute Gasteiger partial charge is 0.170 e. The third-order valence-corrected chi connectivity index (χ3v) is 8.22. The molecular weight excluding hydrogens is 360 g/mol. The highest BCUT2D eigenvalue weighted by Crippen LogP contribution is 2.37. The molecule has 154 valence electrons. The summed E-state index contributed by atoms with van der Waals surface area (Å²) >= 11 is 1.95. The largest absolute Gasteiger partial charge is 0.236 e. The number of hydrogen-bond acceptors (Lipinski definition) is 3. The molecule has 4 rings (SSSR count). The lowest BCUT2D eigenvalue weighted by molar-refractivity contribution is 0.462. The molecule has 0 aliphatic heterocycles. The summed E-state index contributed by atoms with van der Waals surface area (Å²) in [7, 11) is 0. The van der Waals surface area contributed by atoms with E-state index in [0.717, 1.165) is 5.65 Å². The highest BCUT2D eigenvalue weighted by Gasteiger charge is 2.19. The van der Waals surface area contributed by atoms with Gasteiger partial charge in [0.25, 0.3) is 0 Å². The number of thiazole rings is 1. The molecule has 0 atom stereocenters. The zero-order valence-electron chi connectivity index (χ0n) is 17.6. The van der Waals surface area contributed by atoms with Gasteiger partial charge >= 0.3 is 0 Å². The molecule has 2 fully saturated rings. The molecule has 0 amide bonds. The average Bonchev–Trinajstić information content (AvgIpc) is 3.20. The lowest BCUT2D eigenvalue weighted by atomic mass is 9.91. The monoisotopic (exact) mass is 398 g/mol. The first kappa shape index (κ1) is 20.3. The first-order chi connectivity index (χ1) is 13.9. The van der Waals surface area contributed by atoms with Crippen LogP contribution < -0.4 is 0 Å². The Labute approximate surface area is 175 Å². The lowest BCUT2D eigenvalue weighted by Crippen LogP contribution is -2.01. The van der Waals surface area contributed by atoms with Gasteiger partial charge < -0.3 is 0 Å². The van der Waals surface area contributed by atoms with Crippen molar-refractivity contribution in [2.45, 2.75) is 121 Å². The topological polar surface area (TPSA) is 25.8 Å². The van der Waals surface area contributed by atoms with Crippen molar-refractivity contribution in [1.29, 1.82) is 0 Å². The summed E-state index contributed by atoms with van der Waals surface area (Å²) < 4.78 is 1.34. The Morgan fingerprint density at radius 2 is 1.14 bits per heavy atom. The number of aromatic nitrogens is 2. The Bertz CT molecular complexity index is 702. The van der Waals surface area contributed by atoms with Crippen LogP contribution in [-0.2, 0) is 0 Å². The fraction of sp³-hybridized carbons (Fsp3) is 0.760. The van der Waals surface area contributed by atoms with Crippen molar-refractivity contribution in [2.24, 2.45) is 0 Å². The van der Waals surface area contributed by atoms with Crippen LogP contribution >= 0.6 is 11.3 Å². The molecule has 0 saturated heterocycles. The van der Waals surface area contributed by atoms with Crippen LogP contribution in [0.5, 0.6) is 0 Å². The number of pyridine rings is 1. The molecule has 0 unspecified atom stereocenters. The molecule has 2 saturated carbocycles. The molecule has 0 N–H and O–H groups in total. The second kappa shape index (κ2) is 10.7. The van der Waals surface area contributed by atoms with E-state index in [0.29, 0.717) is 11.8 Å². The maximum Gasteiger partial charge on any atom is 0.170 e. The van der Waals surface area contributed by atoms with Crippen LogP contribution in [0, 0.1) is 0 Å². The van der Waals surface area contributed by atoms with Gasteiger partial charge in [-0.1, -0.05) is 83.5 Å². The van der Waals surface area contributed by atoms with E-state index < -0.39 is 0 Å². The Balaban J connectivity index is 1.49. The Hall–Kier alpha value is -0.960. The Kier molecular flexibility index (Phi) is 7.77. The summed E-state index contributed by atoms with van der Waals surface area (Å²) in [5, 5.41) is 1.37. The van der Waals surface area contributed by atoms with Crippen LogP contribution in [0.15, 0.2) is 12.3 Å². The van der Waals surface area contributed by atoms with Gasteiger partial charge in [0.2, 0.25) is 0 Å². The van der Waals surface area contributed by atoms with Gasteiger partial charge in [-0.15, -0.1) is 11.3 Å². The normalized spacial score (nSPS) is 22.4. The average molecular weight is 399 g/mol. The molecule has 2 nitrogen and oxygen atoms in total. The van der Waals surface area contributed by atoms with E-state index >= 15 is 0 Å². The number of hydrogen-bond donors (Lipinski definition) is 0. The van der Waals surface area contributed by atoms with Gasteiger partial charge in [0.1, 0.15) is 0 Å². The van der Waals surface area contributed by atoms with E-state index in [2.05, 4.69) is 12.3 Å². The standard InChI is InChI=1S/C25H38N2S/c1-2-8-12-16-21(17-13-9-3-1)25-27-24-23(28-25)18-22(19-26-24)20-14-10-6-4-5-7-11-15-20/h18-21H,1-17H2. The molecular formula is C25H38N2S. The molecule has 28 heavy (non-hydrogen) atoms. The van der Waals surface area contributed by atoms with E-state index in [4.69, 9.17) is 9.97 Å². The summed E-state index contributed by atoms with van der Waals surface area (Å²) in [4.78, 5) is 9.83. The van der Waals surface area contributed by atoms with Crippen molar-refractivity contribution in [2.75, 3.05) is 0 Å². The van der Waals surface area contributed by atoms with Gasteiger partial charge in [0, 0.05) is 12.1 Å². The van der Waals surface area contributed by atoms with E-state index in [-0.39, 0.29) is 0 Å². The fourth-order valence-corrected chi connectivity index (χ4v) is 6.42. The minimum absolute atomic E-state index is 0.672. The molecule has 2 aromatic heterocycles. The molecule has 0 radical (unpaired) electrons. The van der Waals surface area contributed by atoms with Crippen LogP contribution in [0.1, 0.15) is 132 Å². The van der Waals surface area contributed by atoms with Crippen molar-refractivity contribution in [1.82, 2.24) is 9.97 Å². The molecule has 3 heteroatoms. The second-order valence-electron chi connectivity index (χ2n) is 9.29. The highest BCUT2D eigenvalue weighted by atomic mass is 32.1. The van der Waals surface area contributed by atoms with Crippen LogP contribution in [0.2, 0.25) is 0 Å². The summed E-state index contributed by atoms with van der Waals surface area (Å²) in [5.41, 5.74) is 2.49. The van der Waals surface area contributed by atoms with E-state index in [1.807, 2.05) is 11.3 Å². The van der Waals surface area contributed by atoms with Crippen molar-refractivity contribution >= 4 is 21.7 Å². The predicted molar refractivity (Wildman–Crippen MR) is 121 cm³/mol. The van der Waals surface area contributed by atoms with Gasteiger partial charge in [0.15, 0.2) is 5.65 Å². The van der Waals surface area contributed by atoms with Crippen molar-refractivity contribution in [3.05, 3.63) is 22.8 Å². The van der Waals surface area contributed by atoms with Gasteiger partial charge in [-0.2, -0.15) is 0 Å². The molecule has 0 bridgehead atoms. The second-order valence-corrected chi connectivity index (χ2v) is 10.3.